The molecule has 0 N–H and O–H groups in total. The maximum atomic E-state index is 5.18. The van der Waals surface area contributed by atoms with E-state index in [-0.39, 0.29) is 6.85 Å². The minimum absolute atomic E-state index is 0.0306. The Morgan fingerprint density at radius 2 is 1.51 bits per heavy atom. The first-order valence-corrected chi connectivity index (χ1v) is 16.5. The van der Waals surface area contributed by atoms with Crippen molar-refractivity contribution < 1.29 is 0 Å². The van der Waals surface area contributed by atoms with Gasteiger partial charge in [0.2, 0.25) is 0 Å². The van der Waals surface area contributed by atoms with E-state index in [0.29, 0.717) is 0 Å². The van der Waals surface area contributed by atoms with Crippen molar-refractivity contribution in [3.8, 4) is 22.4 Å². The van der Waals surface area contributed by atoms with Crippen LogP contribution in [0.3, 0.4) is 0 Å². The van der Waals surface area contributed by atoms with Crippen molar-refractivity contribution in [1.82, 2.24) is 9.46 Å². The fourth-order valence-corrected chi connectivity index (χ4v) is 9.32. The topological polar surface area (TPSA) is 21.1 Å². The lowest BCUT2D eigenvalue weighted by Crippen LogP contribution is -2.56. The zero-order chi connectivity index (χ0) is 30.0. The van der Waals surface area contributed by atoms with E-state index in [4.69, 9.17) is 4.98 Å². The third-order valence-electron chi connectivity index (χ3n) is 9.93. The largest absolute Gasteiger partial charge is 0.374 e. The molecule has 8 aromatic rings. The lowest BCUT2D eigenvalue weighted by molar-refractivity contribution is 1.24. The summed E-state index contributed by atoms with van der Waals surface area (Å²) in [6, 6.07) is 38.4. The summed E-state index contributed by atoms with van der Waals surface area (Å²) in [5, 5.41) is 6.04. The SMILES string of the molecule is Cc1cc(C)c(-c2ccc3c(c2)c2ccnc4c2n3B2c3ccccc3N(c3ccccc3)c3cc5ccsc5c-4c32)c(C)c1. The Hall–Kier alpha value is -5.13. The fourth-order valence-electron chi connectivity index (χ4n) is 8.38. The van der Waals surface area contributed by atoms with Crippen molar-refractivity contribution >= 4 is 78.1 Å². The van der Waals surface area contributed by atoms with Crippen molar-refractivity contribution in [2.24, 2.45) is 0 Å². The van der Waals surface area contributed by atoms with E-state index < -0.39 is 0 Å². The van der Waals surface area contributed by atoms with E-state index in [2.05, 4.69) is 139 Å². The Balaban J connectivity index is 1.35. The number of pyridine rings is 1. The van der Waals surface area contributed by atoms with Crippen molar-refractivity contribution in [2.45, 2.75) is 20.8 Å². The second kappa shape index (κ2) is 8.96. The summed E-state index contributed by atoms with van der Waals surface area (Å²) in [4.78, 5) is 7.64. The van der Waals surface area contributed by atoms with E-state index in [1.807, 2.05) is 17.5 Å². The van der Waals surface area contributed by atoms with Gasteiger partial charge in [-0.2, -0.15) is 0 Å². The number of aryl methyl sites for hydroxylation is 3. The number of aromatic nitrogens is 2. The summed E-state index contributed by atoms with van der Waals surface area (Å²) in [6.45, 7) is 6.69. The van der Waals surface area contributed by atoms with Crippen LogP contribution in [-0.4, -0.2) is 16.3 Å². The van der Waals surface area contributed by atoms with Crippen LogP contribution in [-0.2, 0) is 0 Å². The Labute approximate surface area is 266 Å². The smallest absolute Gasteiger partial charge is 0.333 e. The minimum Gasteiger partial charge on any atom is -0.374 e. The van der Waals surface area contributed by atoms with E-state index in [0.717, 1.165) is 5.69 Å². The van der Waals surface area contributed by atoms with Crippen LogP contribution in [0.15, 0.2) is 115 Å². The fraction of sp³-hybridized carbons (Fsp3) is 0.0750. The van der Waals surface area contributed by atoms with E-state index in [1.54, 1.807) is 0 Å². The molecule has 5 heterocycles. The molecule has 212 valence electrons. The molecule has 45 heavy (non-hydrogen) atoms. The minimum atomic E-state index is 0.0306. The Kier molecular flexibility index (Phi) is 5.03. The van der Waals surface area contributed by atoms with Gasteiger partial charge in [0, 0.05) is 49.8 Å². The van der Waals surface area contributed by atoms with Gasteiger partial charge in [0.25, 0.3) is 0 Å². The summed E-state index contributed by atoms with van der Waals surface area (Å²) in [7, 11) is 0. The molecular weight excluding hydrogens is 565 g/mol. The predicted octanol–water partition coefficient (Wildman–Crippen LogP) is 9.41. The molecule has 0 spiro atoms. The van der Waals surface area contributed by atoms with Crippen LogP contribution in [0, 0.1) is 20.8 Å². The van der Waals surface area contributed by atoms with Crippen LogP contribution in [0.25, 0.3) is 54.3 Å². The summed E-state index contributed by atoms with van der Waals surface area (Å²) < 4.78 is 3.91. The maximum Gasteiger partial charge on any atom is 0.333 e. The summed E-state index contributed by atoms with van der Waals surface area (Å²) in [5.41, 5.74) is 17.7. The number of fused-ring (bicyclic) bond motifs is 9. The van der Waals surface area contributed by atoms with Crippen LogP contribution in [0.1, 0.15) is 16.7 Å². The van der Waals surface area contributed by atoms with Crippen LogP contribution in [0.5, 0.6) is 0 Å². The highest BCUT2D eigenvalue weighted by atomic mass is 32.1. The average Bonchev–Trinajstić information content (AvgIpc) is 3.65. The molecule has 5 aromatic carbocycles. The zero-order valence-electron chi connectivity index (χ0n) is 25.3. The molecule has 5 heteroatoms. The second-order valence-corrected chi connectivity index (χ2v) is 13.5. The van der Waals surface area contributed by atoms with Gasteiger partial charge in [-0.05, 0) is 113 Å². The molecule has 2 aliphatic rings. The molecule has 2 aliphatic heterocycles. The number of anilines is 3. The highest BCUT2D eigenvalue weighted by molar-refractivity contribution is 7.18. The molecule has 0 amide bonds. The quantitative estimate of drug-likeness (QED) is 0.186. The molecule has 0 unspecified atom stereocenters. The number of thiophene rings is 1. The van der Waals surface area contributed by atoms with Gasteiger partial charge in [0.05, 0.1) is 11.2 Å². The normalized spacial score (nSPS) is 13.1. The highest BCUT2D eigenvalue weighted by Gasteiger charge is 2.43. The van der Waals surface area contributed by atoms with Gasteiger partial charge in [-0.25, -0.2) is 0 Å². The Morgan fingerprint density at radius 3 is 2.36 bits per heavy atom. The standard InChI is InChI=1S/C40H28BN3S/c1-23-19-24(2)35(25(3)20-23)26-13-14-32-30(21-26)29-15-17-42-38-36-37-34(22-27-16-18-45-40(27)36)43(28-9-5-4-6-10-28)33-12-8-7-11-31(33)41(37)44(32)39(29)38/h4-22H,1-3H3. The lowest BCUT2D eigenvalue weighted by Gasteiger charge is -2.40. The van der Waals surface area contributed by atoms with E-state index >= 15 is 0 Å². The number of rotatable bonds is 2. The first kappa shape index (κ1) is 25.2. The number of benzene rings is 5. The van der Waals surface area contributed by atoms with Gasteiger partial charge in [0.1, 0.15) is 0 Å². The molecule has 10 rings (SSSR count). The van der Waals surface area contributed by atoms with Crippen molar-refractivity contribution in [3.63, 3.8) is 0 Å². The molecule has 0 fully saturated rings. The monoisotopic (exact) mass is 593 g/mol. The highest BCUT2D eigenvalue weighted by Crippen LogP contribution is 2.48. The van der Waals surface area contributed by atoms with Crippen molar-refractivity contribution in [3.05, 3.63) is 131 Å². The van der Waals surface area contributed by atoms with E-state index in [9.17, 15) is 0 Å². The first-order chi connectivity index (χ1) is 22.1. The van der Waals surface area contributed by atoms with Gasteiger partial charge in [-0.15, -0.1) is 11.3 Å². The first-order valence-electron chi connectivity index (χ1n) is 15.6. The van der Waals surface area contributed by atoms with Crippen molar-refractivity contribution in [2.75, 3.05) is 4.90 Å². The second-order valence-electron chi connectivity index (χ2n) is 12.6. The van der Waals surface area contributed by atoms with Gasteiger partial charge in [-0.1, -0.05) is 60.2 Å². The average molecular weight is 594 g/mol. The third kappa shape index (κ3) is 3.28. The molecule has 0 atom stereocenters. The Morgan fingerprint density at radius 1 is 0.711 bits per heavy atom. The van der Waals surface area contributed by atoms with Crippen LogP contribution in [0.4, 0.5) is 17.1 Å². The molecule has 3 nitrogen and oxygen atoms in total. The summed E-state index contributed by atoms with van der Waals surface area (Å²) >= 11 is 1.83. The van der Waals surface area contributed by atoms with Crippen LogP contribution in [0.2, 0.25) is 0 Å². The predicted molar refractivity (Wildman–Crippen MR) is 193 cm³/mol. The molecule has 0 aliphatic carbocycles. The van der Waals surface area contributed by atoms with Crippen molar-refractivity contribution in [1.29, 1.82) is 0 Å². The van der Waals surface area contributed by atoms with Gasteiger partial charge < -0.3 is 9.38 Å². The number of para-hydroxylation sites is 2. The number of hydrogen-bond donors (Lipinski definition) is 0. The molecule has 0 saturated heterocycles. The van der Waals surface area contributed by atoms with E-state index in [1.165, 1.54) is 93.3 Å². The van der Waals surface area contributed by atoms with Gasteiger partial charge in [-0.3, -0.25) is 4.98 Å². The third-order valence-corrected chi connectivity index (χ3v) is 10.9. The molecular formula is C40H28BN3S. The molecule has 3 aromatic heterocycles. The molecule has 0 radical (unpaired) electrons. The number of nitrogens with zero attached hydrogens (tertiary/aromatic N) is 3. The Bertz CT molecular complexity index is 2520. The lowest BCUT2D eigenvalue weighted by atomic mass is 9.45. The number of hydrogen-bond acceptors (Lipinski definition) is 3. The zero-order valence-corrected chi connectivity index (χ0v) is 26.1. The summed E-state index contributed by atoms with van der Waals surface area (Å²) in [5.74, 6) is 0. The maximum absolute atomic E-state index is 5.18. The molecule has 0 bridgehead atoms. The van der Waals surface area contributed by atoms with Crippen LogP contribution >= 0.6 is 11.3 Å². The van der Waals surface area contributed by atoms with Gasteiger partial charge >= 0.3 is 6.85 Å². The summed E-state index contributed by atoms with van der Waals surface area (Å²) in [6.07, 6.45) is 2.02. The van der Waals surface area contributed by atoms with Crippen LogP contribution < -0.4 is 15.8 Å². The van der Waals surface area contributed by atoms with Gasteiger partial charge in [0.15, 0.2) is 0 Å². The molecule has 0 saturated carbocycles.